The third kappa shape index (κ3) is 9.37. The molecule has 0 radical (unpaired) electrons. The summed E-state index contributed by atoms with van der Waals surface area (Å²) in [5, 5.41) is 0.526. The van der Waals surface area contributed by atoms with Crippen LogP contribution in [0, 0.1) is 18.3 Å². The smallest absolute Gasteiger partial charge is 0.238 e. The van der Waals surface area contributed by atoms with Crippen molar-refractivity contribution in [3.8, 4) is 12.3 Å². The lowest BCUT2D eigenvalue weighted by Gasteiger charge is -2.40. The number of carbonyl (C=O) groups is 2. The molecule has 2 fully saturated rings. The number of benzene rings is 1. The zero-order valence-corrected chi connectivity index (χ0v) is 31.3. The average Bonchev–Trinajstić information content (AvgIpc) is 3.57. The van der Waals surface area contributed by atoms with Crippen molar-refractivity contribution >= 4 is 50.0 Å². The van der Waals surface area contributed by atoms with E-state index in [9.17, 15) is 18.0 Å². The first kappa shape index (κ1) is 39.1. The monoisotopic (exact) mass is 771 g/mol. The first-order chi connectivity index (χ1) is 25.7. The third-order valence-electron chi connectivity index (χ3n) is 9.94. The standard InChI is InChI=1S/C37H46ClN5O9S/c1-2-13-48-14-15-49-16-17-50-18-19-51-20-22-53(46,47)21-3-10-42-32-5-4-29(38)23-31(32)40-34(42)25-43-33-24-39-9-6-30(33)37(36(43)45)7-11-41(12-8-37)35(44)28-26-52-27-28/h1,4-6,9,23-24,28H,3,7-8,10-22,25-27H2. The van der Waals surface area contributed by atoms with Gasteiger partial charge < -0.3 is 38.1 Å². The quantitative estimate of drug-likeness (QED) is 0.123. The van der Waals surface area contributed by atoms with Crippen LogP contribution in [0.3, 0.4) is 0 Å². The van der Waals surface area contributed by atoms with Gasteiger partial charge in [0.05, 0.1) is 112 Å². The van der Waals surface area contributed by atoms with Gasteiger partial charge in [-0.2, -0.15) is 0 Å². The van der Waals surface area contributed by atoms with Crippen molar-refractivity contribution in [3.63, 3.8) is 0 Å². The molecule has 0 bridgehead atoms. The molecule has 2 amide bonds. The van der Waals surface area contributed by atoms with E-state index in [0.29, 0.717) is 102 Å². The van der Waals surface area contributed by atoms with Crippen molar-refractivity contribution in [2.45, 2.75) is 37.8 Å². The Balaban J connectivity index is 1.03. The number of amides is 2. The number of halogens is 1. The van der Waals surface area contributed by atoms with Gasteiger partial charge in [0.15, 0.2) is 9.84 Å². The summed E-state index contributed by atoms with van der Waals surface area (Å²) in [6, 6.07) is 7.31. The van der Waals surface area contributed by atoms with E-state index in [2.05, 4.69) is 10.9 Å². The van der Waals surface area contributed by atoms with Crippen LogP contribution in [0.4, 0.5) is 5.69 Å². The molecule has 0 saturated carbocycles. The maximum atomic E-state index is 14.4. The van der Waals surface area contributed by atoms with Crippen LogP contribution in [-0.2, 0) is 61.6 Å². The number of ether oxygens (including phenoxy) is 5. The molecule has 2 aromatic heterocycles. The molecule has 5 heterocycles. The maximum absolute atomic E-state index is 14.4. The topological polar surface area (TPSA) is 152 Å². The number of hydrogen-bond acceptors (Lipinski definition) is 11. The number of rotatable bonds is 20. The number of terminal acetylenes is 1. The van der Waals surface area contributed by atoms with Crippen molar-refractivity contribution in [1.29, 1.82) is 0 Å². The summed E-state index contributed by atoms with van der Waals surface area (Å²) in [4.78, 5) is 40.2. The highest BCUT2D eigenvalue weighted by atomic mass is 35.5. The van der Waals surface area contributed by atoms with Crippen molar-refractivity contribution in [2.75, 3.05) is 95.6 Å². The highest BCUT2D eigenvalue weighted by Crippen LogP contribution is 2.48. The first-order valence-electron chi connectivity index (χ1n) is 17.9. The summed E-state index contributed by atoms with van der Waals surface area (Å²) in [6.07, 6.45) is 9.90. The second-order valence-electron chi connectivity index (χ2n) is 13.3. The van der Waals surface area contributed by atoms with Crippen LogP contribution < -0.4 is 4.90 Å². The number of anilines is 1. The molecular weight excluding hydrogens is 726 g/mol. The number of fused-ring (bicyclic) bond motifs is 3. The fraction of sp³-hybridized carbons (Fsp3) is 0.568. The molecule has 1 spiro atoms. The highest BCUT2D eigenvalue weighted by molar-refractivity contribution is 7.91. The van der Waals surface area contributed by atoms with E-state index in [1.54, 1.807) is 29.4 Å². The van der Waals surface area contributed by atoms with Gasteiger partial charge in [-0.1, -0.05) is 17.5 Å². The van der Waals surface area contributed by atoms with Gasteiger partial charge in [-0.05, 0) is 49.1 Å². The zero-order chi connectivity index (χ0) is 37.3. The van der Waals surface area contributed by atoms with Crippen LogP contribution in [-0.4, -0.2) is 130 Å². The number of nitrogens with zero attached hydrogens (tertiary/aromatic N) is 5. The van der Waals surface area contributed by atoms with Crippen molar-refractivity contribution in [2.24, 2.45) is 5.92 Å². The van der Waals surface area contributed by atoms with E-state index in [1.165, 1.54) is 0 Å². The fourth-order valence-corrected chi connectivity index (χ4v) is 8.37. The van der Waals surface area contributed by atoms with Gasteiger partial charge >= 0.3 is 0 Å². The summed E-state index contributed by atoms with van der Waals surface area (Å²) in [7, 11) is -3.40. The molecule has 6 rings (SSSR count). The Morgan fingerprint density at radius 3 is 2.38 bits per heavy atom. The molecular formula is C37H46ClN5O9S. The minimum atomic E-state index is -3.40. The lowest BCUT2D eigenvalue weighted by Crippen LogP contribution is -2.53. The molecule has 0 unspecified atom stereocenters. The van der Waals surface area contributed by atoms with Crippen LogP contribution >= 0.6 is 11.6 Å². The summed E-state index contributed by atoms with van der Waals surface area (Å²) in [5.74, 6) is 2.81. The van der Waals surface area contributed by atoms with Gasteiger partial charge in [0, 0.05) is 30.9 Å². The van der Waals surface area contributed by atoms with Gasteiger partial charge in [-0.15, -0.1) is 6.42 Å². The molecule has 2 saturated heterocycles. The second kappa shape index (κ2) is 18.1. The number of likely N-dealkylation sites (tertiary alicyclic amines) is 1. The number of piperidine rings is 1. The molecule has 14 nitrogen and oxygen atoms in total. The van der Waals surface area contributed by atoms with Gasteiger partial charge in [0.1, 0.15) is 12.4 Å². The summed E-state index contributed by atoms with van der Waals surface area (Å²) in [5.41, 5.74) is 2.33. The summed E-state index contributed by atoms with van der Waals surface area (Å²) in [6.45, 7) is 5.00. The maximum Gasteiger partial charge on any atom is 0.238 e. The van der Waals surface area contributed by atoms with Gasteiger partial charge in [-0.25, -0.2) is 13.4 Å². The van der Waals surface area contributed by atoms with E-state index in [4.69, 9.17) is 46.7 Å². The molecule has 0 N–H and O–H groups in total. The zero-order valence-electron chi connectivity index (χ0n) is 29.8. The van der Waals surface area contributed by atoms with Crippen LogP contribution in [0.5, 0.6) is 0 Å². The number of carbonyl (C=O) groups excluding carboxylic acids is 2. The van der Waals surface area contributed by atoms with Crippen LogP contribution in [0.1, 0.15) is 30.7 Å². The lowest BCUT2D eigenvalue weighted by atomic mass is 9.73. The first-order valence-corrected chi connectivity index (χ1v) is 20.1. The van der Waals surface area contributed by atoms with Crippen molar-refractivity contribution < 1.29 is 41.7 Å². The summed E-state index contributed by atoms with van der Waals surface area (Å²) < 4.78 is 54.5. The molecule has 1 aromatic carbocycles. The Morgan fingerprint density at radius 1 is 1.00 bits per heavy atom. The number of aromatic nitrogens is 3. The third-order valence-corrected chi connectivity index (χ3v) is 11.9. The van der Waals surface area contributed by atoms with Crippen LogP contribution in [0.25, 0.3) is 11.0 Å². The van der Waals surface area contributed by atoms with E-state index in [-0.39, 0.29) is 55.6 Å². The Kier molecular flexibility index (Phi) is 13.4. The average molecular weight is 772 g/mol. The minimum Gasteiger partial charge on any atom is -0.380 e. The Hall–Kier alpha value is -3.62. The second-order valence-corrected chi connectivity index (χ2v) is 16.1. The Labute approximate surface area is 314 Å². The van der Waals surface area contributed by atoms with Gasteiger partial charge in [0.25, 0.3) is 0 Å². The molecule has 3 aliphatic rings. The van der Waals surface area contributed by atoms with Gasteiger partial charge in [-0.3, -0.25) is 14.6 Å². The highest BCUT2D eigenvalue weighted by Gasteiger charge is 2.53. The molecule has 0 atom stereocenters. The minimum absolute atomic E-state index is 0.0390. The fourth-order valence-electron chi connectivity index (χ4n) is 7.06. The Morgan fingerprint density at radius 2 is 1.70 bits per heavy atom. The van der Waals surface area contributed by atoms with Crippen LogP contribution in [0.15, 0.2) is 36.7 Å². The van der Waals surface area contributed by atoms with Crippen molar-refractivity contribution in [1.82, 2.24) is 19.4 Å². The molecule has 16 heteroatoms. The molecule has 3 aromatic rings. The lowest BCUT2D eigenvalue weighted by molar-refractivity contribution is -0.152. The number of aryl methyl sites for hydroxylation is 1. The van der Waals surface area contributed by atoms with E-state index >= 15 is 0 Å². The van der Waals surface area contributed by atoms with E-state index in [0.717, 1.165) is 16.8 Å². The van der Waals surface area contributed by atoms with Crippen molar-refractivity contribution in [3.05, 3.63) is 53.1 Å². The number of imidazole rings is 1. The predicted molar refractivity (Wildman–Crippen MR) is 197 cm³/mol. The van der Waals surface area contributed by atoms with E-state index in [1.807, 2.05) is 21.6 Å². The molecule has 286 valence electrons. The number of pyridine rings is 1. The van der Waals surface area contributed by atoms with Crippen LogP contribution in [0.2, 0.25) is 5.02 Å². The predicted octanol–water partition coefficient (Wildman–Crippen LogP) is 2.64. The molecule has 0 aliphatic carbocycles. The summed E-state index contributed by atoms with van der Waals surface area (Å²) >= 11 is 6.33. The molecule has 53 heavy (non-hydrogen) atoms. The largest absolute Gasteiger partial charge is 0.380 e. The number of hydrogen-bond donors (Lipinski definition) is 0. The SMILES string of the molecule is C#CCOCCOCCOCCOCCS(=O)(=O)CCCn1c(CN2C(=O)C3(CCN(C(=O)C4COC4)CC3)c3ccncc32)nc2cc(Cl)ccc21. The Bertz CT molecular complexity index is 1890. The molecule has 3 aliphatic heterocycles. The van der Waals surface area contributed by atoms with Gasteiger partial charge in [0.2, 0.25) is 11.8 Å². The van der Waals surface area contributed by atoms with E-state index < -0.39 is 15.3 Å². The number of sulfone groups is 1. The normalized spacial score (nSPS) is 17.0.